The number of nitrogens with zero attached hydrogens (tertiary/aromatic N) is 4. The van der Waals surface area contributed by atoms with Crippen molar-refractivity contribution in [3.05, 3.63) is 97.6 Å². The van der Waals surface area contributed by atoms with Crippen LogP contribution in [0.25, 0.3) is 11.3 Å². The maximum atomic E-state index is 11.1. The molecular weight excluding hydrogens is 464 g/mol. The van der Waals surface area contributed by atoms with Crippen LogP contribution in [-0.4, -0.2) is 22.1 Å². The molecule has 3 aromatic carbocycles. The van der Waals surface area contributed by atoms with Gasteiger partial charge < -0.3 is 9.47 Å². The maximum Gasteiger partial charge on any atom is 0.269 e. The van der Waals surface area contributed by atoms with Gasteiger partial charge in [0.15, 0.2) is 11.5 Å². The van der Waals surface area contributed by atoms with Crippen molar-refractivity contribution in [1.29, 1.82) is 0 Å². The van der Waals surface area contributed by atoms with Crippen molar-refractivity contribution in [2.24, 2.45) is 10.1 Å². The van der Waals surface area contributed by atoms with Crippen LogP contribution in [0.1, 0.15) is 23.6 Å². The first-order valence-electron chi connectivity index (χ1n) is 10.9. The Labute approximate surface area is 205 Å². The van der Waals surface area contributed by atoms with E-state index in [4.69, 9.17) is 19.6 Å². The lowest BCUT2D eigenvalue weighted by molar-refractivity contribution is -0.384. The number of aryl methyl sites for hydroxylation is 2. The van der Waals surface area contributed by atoms with Crippen molar-refractivity contribution in [3.63, 3.8) is 0 Å². The second-order valence-electron chi connectivity index (χ2n) is 8.15. The number of hydrogen-bond acceptors (Lipinski definition) is 7. The van der Waals surface area contributed by atoms with Crippen LogP contribution < -0.4 is 14.3 Å². The lowest BCUT2D eigenvalue weighted by atomic mass is 10.1. The Hall–Kier alpha value is -4.24. The summed E-state index contributed by atoms with van der Waals surface area (Å²) in [5.74, 6) is 1.39. The molecule has 0 fully saturated rings. The van der Waals surface area contributed by atoms with Crippen LogP contribution in [0, 0.1) is 24.0 Å². The van der Waals surface area contributed by atoms with Crippen molar-refractivity contribution in [1.82, 2.24) is 4.68 Å². The highest BCUT2D eigenvalue weighted by molar-refractivity contribution is 7.07. The normalized spacial score (nSPS) is 13.3. The largest absolute Gasteiger partial charge is 0.454 e. The first kappa shape index (κ1) is 22.5. The second kappa shape index (κ2) is 9.19. The number of ether oxygens (including phenoxy) is 2. The second-order valence-corrected chi connectivity index (χ2v) is 8.99. The highest BCUT2D eigenvalue weighted by Gasteiger charge is 2.15. The van der Waals surface area contributed by atoms with Gasteiger partial charge in [-0.3, -0.25) is 10.1 Å². The van der Waals surface area contributed by atoms with Crippen molar-refractivity contribution in [2.75, 3.05) is 6.79 Å². The van der Waals surface area contributed by atoms with Crippen molar-refractivity contribution >= 4 is 28.4 Å². The maximum absolute atomic E-state index is 11.1. The Morgan fingerprint density at radius 3 is 2.51 bits per heavy atom. The number of nitro groups is 1. The Morgan fingerprint density at radius 2 is 1.77 bits per heavy atom. The van der Waals surface area contributed by atoms with Crippen molar-refractivity contribution in [3.8, 4) is 22.8 Å². The quantitative estimate of drug-likeness (QED) is 0.197. The van der Waals surface area contributed by atoms with Gasteiger partial charge in [0, 0.05) is 28.6 Å². The molecule has 8 nitrogen and oxygen atoms in total. The minimum absolute atomic E-state index is 0.0376. The zero-order valence-electron chi connectivity index (χ0n) is 19.4. The van der Waals surface area contributed by atoms with Crippen LogP contribution in [0.3, 0.4) is 0 Å². The Bertz CT molecular complexity index is 1530. The zero-order chi connectivity index (χ0) is 24.5. The molecule has 1 aromatic heterocycles. The average Bonchev–Trinajstić information content (AvgIpc) is 3.48. The van der Waals surface area contributed by atoms with Gasteiger partial charge in [-0.05, 0) is 74.4 Å². The SMILES string of the molecule is CC(=Nn1c(-c2ccc([N+](=O)[O-])cc2)csc1=Nc1ccc(C)c(C)c1)c1ccc2c(c1)OCO2. The van der Waals surface area contributed by atoms with Gasteiger partial charge in [0.25, 0.3) is 5.69 Å². The molecule has 0 bridgehead atoms. The van der Waals surface area contributed by atoms with Gasteiger partial charge in [0.05, 0.1) is 22.0 Å². The molecule has 0 saturated heterocycles. The average molecular weight is 487 g/mol. The minimum Gasteiger partial charge on any atom is -0.454 e. The summed E-state index contributed by atoms with van der Waals surface area (Å²) in [5, 5.41) is 18.0. The number of thiazole rings is 1. The minimum atomic E-state index is -0.409. The fourth-order valence-electron chi connectivity index (χ4n) is 3.66. The number of aromatic nitrogens is 1. The zero-order valence-corrected chi connectivity index (χ0v) is 20.2. The van der Waals surface area contributed by atoms with Crippen LogP contribution in [0.2, 0.25) is 0 Å². The molecule has 2 heterocycles. The van der Waals surface area contributed by atoms with E-state index < -0.39 is 4.92 Å². The molecule has 1 aliphatic rings. The first-order chi connectivity index (χ1) is 16.9. The molecule has 0 saturated carbocycles. The summed E-state index contributed by atoms with van der Waals surface area (Å²) in [4.78, 5) is 16.2. The number of fused-ring (bicyclic) bond motifs is 1. The van der Waals surface area contributed by atoms with E-state index in [1.54, 1.807) is 16.8 Å². The van der Waals surface area contributed by atoms with E-state index in [0.717, 1.165) is 33.8 Å². The monoisotopic (exact) mass is 486 g/mol. The summed E-state index contributed by atoms with van der Waals surface area (Å²) in [6, 6.07) is 18.2. The van der Waals surface area contributed by atoms with Gasteiger partial charge >= 0.3 is 0 Å². The van der Waals surface area contributed by atoms with Crippen LogP contribution >= 0.6 is 11.3 Å². The van der Waals surface area contributed by atoms with E-state index in [1.807, 2.05) is 48.7 Å². The van der Waals surface area contributed by atoms with Gasteiger partial charge in [0.2, 0.25) is 11.6 Å². The van der Waals surface area contributed by atoms with Gasteiger partial charge in [-0.15, -0.1) is 11.3 Å². The van der Waals surface area contributed by atoms with Crippen molar-refractivity contribution in [2.45, 2.75) is 20.8 Å². The van der Waals surface area contributed by atoms with Crippen LogP contribution in [0.15, 0.2) is 76.1 Å². The number of hydrogen-bond donors (Lipinski definition) is 0. The number of benzene rings is 3. The predicted molar refractivity (Wildman–Crippen MR) is 136 cm³/mol. The van der Waals surface area contributed by atoms with E-state index in [0.29, 0.717) is 16.3 Å². The molecule has 35 heavy (non-hydrogen) atoms. The van der Waals surface area contributed by atoms with E-state index in [9.17, 15) is 10.1 Å². The van der Waals surface area contributed by atoms with Gasteiger partial charge in [-0.25, -0.2) is 9.67 Å². The fourth-order valence-corrected chi connectivity index (χ4v) is 4.51. The summed E-state index contributed by atoms with van der Waals surface area (Å²) >= 11 is 1.45. The lowest BCUT2D eigenvalue weighted by Gasteiger charge is -2.07. The number of nitro benzene ring substituents is 1. The molecule has 0 radical (unpaired) electrons. The van der Waals surface area contributed by atoms with Crippen LogP contribution in [0.5, 0.6) is 11.5 Å². The molecular formula is C26H22N4O4S. The van der Waals surface area contributed by atoms with E-state index in [-0.39, 0.29) is 12.5 Å². The summed E-state index contributed by atoms with van der Waals surface area (Å²) in [6.07, 6.45) is 0. The van der Waals surface area contributed by atoms with Gasteiger partial charge in [-0.2, -0.15) is 5.10 Å². The van der Waals surface area contributed by atoms with Crippen molar-refractivity contribution < 1.29 is 14.4 Å². The van der Waals surface area contributed by atoms with Gasteiger partial charge in [-0.1, -0.05) is 6.07 Å². The predicted octanol–water partition coefficient (Wildman–Crippen LogP) is 5.98. The standard InChI is InChI=1S/C26H22N4O4S/c1-16-4-8-21(12-17(16)2)27-26-29(23(14-35-26)19-5-9-22(10-6-19)30(31)32)28-18(3)20-7-11-24-25(13-20)34-15-33-24/h4-14H,15H2,1-3H3. The molecule has 9 heteroatoms. The molecule has 0 spiro atoms. The summed E-state index contributed by atoms with van der Waals surface area (Å²) in [7, 11) is 0. The molecule has 4 aromatic rings. The van der Waals surface area contributed by atoms with Gasteiger partial charge in [0.1, 0.15) is 0 Å². The topological polar surface area (TPSA) is 91.2 Å². The first-order valence-corrected chi connectivity index (χ1v) is 11.8. The van der Waals surface area contributed by atoms with E-state index in [2.05, 4.69) is 13.8 Å². The molecule has 5 rings (SSSR count). The highest BCUT2D eigenvalue weighted by atomic mass is 32.1. The Morgan fingerprint density at radius 1 is 1.00 bits per heavy atom. The Kier molecular flexibility index (Phi) is 5.92. The third kappa shape index (κ3) is 4.58. The lowest BCUT2D eigenvalue weighted by Crippen LogP contribution is -2.13. The third-order valence-corrected chi connectivity index (χ3v) is 6.63. The smallest absolute Gasteiger partial charge is 0.269 e. The Balaban J connectivity index is 1.64. The summed E-state index contributed by atoms with van der Waals surface area (Å²) in [5.41, 5.74) is 6.45. The molecule has 0 N–H and O–H groups in total. The molecule has 1 aliphatic heterocycles. The number of rotatable bonds is 5. The van der Waals surface area contributed by atoms with Crippen LogP contribution in [0.4, 0.5) is 11.4 Å². The molecule has 0 unspecified atom stereocenters. The number of non-ortho nitro benzene ring substituents is 1. The third-order valence-electron chi connectivity index (χ3n) is 5.81. The molecule has 176 valence electrons. The molecule has 0 aliphatic carbocycles. The fraction of sp³-hybridized carbons (Fsp3) is 0.154. The molecule has 0 amide bonds. The van der Waals surface area contributed by atoms with Crippen LogP contribution in [-0.2, 0) is 0 Å². The van der Waals surface area contributed by atoms with E-state index >= 15 is 0 Å². The molecule has 0 atom stereocenters. The van der Waals surface area contributed by atoms with E-state index in [1.165, 1.54) is 29.0 Å². The summed E-state index contributed by atoms with van der Waals surface area (Å²) < 4.78 is 12.7. The summed E-state index contributed by atoms with van der Waals surface area (Å²) in [6.45, 7) is 6.25. The highest BCUT2D eigenvalue weighted by Crippen LogP contribution is 2.33.